The molecule has 0 aromatic carbocycles. The van der Waals surface area contributed by atoms with Gasteiger partial charge in [0.05, 0.1) is 12.3 Å². The van der Waals surface area contributed by atoms with Crippen LogP contribution in [0.3, 0.4) is 0 Å². The molecule has 108 valence electrons. The molecule has 1 saturated heterocycles. The van der Waals surface area contributed by atoms with Gasteiger partial charge in [-0.15, -0.1) is 11.3 Å². The van der Waals surface area contributed by atoms with Gasteiger partial charge < -0.3 is 15.4 Å². The van der Waals surface area contributed by atoms with Crippen molar-refractivity contribution >= 4 is 16.5 Å². The fourth-order valence-corrected chi connectivity index (χ4v) is 3.76. The molecule has 0 aliphatic carbocycles. The van der Waals surface area contributed by atoms with Crippen LogP contribution in [-0.2, 0) is 16.7 Å². The molecule has 0 amide bonds. The van der Waals surface area contributed by atoms with E-state index in [2.05, 4.69) is 25.7 Å². The van der Waals surface area contributed by atoms with Gasteiger partial charge in [0.15, 0.2) is 5.13 Å². The van der Waals surface area contributed by atoms with E-state index in [0.717, 1.165) is 30.5 Å². The van der Waals surface area contributed by atoms with Crippen molar-refractivity contribution in [3.8, 4) is 0 Å². The Balaban J connectivity index is 2.16. The van der Waals surface area contributed by atoms with Gasteiger partial charge in [-0.1, -0.05) is 20.8 Å². The molecule has 2 rings (SSSR count). The maximum Gasteiger partial charge on any atom is 0.185 e. The SMILES string of the molecule is COCC1CCN(c2nc(C(C)(C)C)c(CN)s2)C1. The molecular weight excluding hydrogens is 258 g/mol. The van der Waals surface area contributed by atoms with Crippen LogP contribution in [0.4, 0.5) is 5.13 Å². The molecule has 19 heavy (non-hydrogen) atoms. The van der Waals surface area contributed by atoms with Crippen LogP contribution in [0.2, 0.25) is 0 Å². The predicted molar refractivity (Wildman–Crippen MR) is 80.9 cm³/mol. The van der Waals surface area contributed by atoms with Crippen molar-refractivity contribution in [3.05, 3.63) is 10.6 Å². The number of hydrogen-bond acceptors (Lipinski definition) is 5. The summed E-state index contributed by atoms with van der Waals surface area (Å²) in [5.74, 6) is 0.633. The van der Waals surface area contributed by atoms with E-state index in [9.17, 15) is 0 Å². The van der Waals surface area contributed by atoms with E-state index < -0.39 is 0 Å². The maximum absolute atomic E-state index is 5.87. The van der Waals surface area contributed by atoms with Crippen molar-refractivity contribution in [2.75, 3.05) is 31.7 Å². The first-order valence-corrected chi connectivity index (χ1v) is 7.71. The first-order valence-electron chi connectivity index (χ1n) is 6.89. The number of aromatic nitrogens is 1. The van der Waals surface area contributed by atoms with Gasteiger partial charge in [-0.25, -0.2) is 4.98 Å². The minimum atomic E-state index is 0.0646. The molecule has 1 aromatic heterocycles. The molecular formula is C14H25N3OS. The molecule has 1 atom stereocenters. The lowest BCUT2D eigenvalue weighted by Gasteiger charge is -2.18. The average Bonchev–Trinajstić information content (AvgIpc) is 2.93. The van der Waals surface area contributed by atoms with Crippen molar-refractivity contribution in [1.82, 2.24) is 4.98 Å². The molecule has 1 fully saturated rings. The van der Waals surface area contributed by atoms with E-state index in [1.54, 1.807) is 18.4 Å². The Morgan fingerprint density at radius 1 is 1.47 bits per heavy atom. The summed E-state index contributed by atoms with van der Waals surface area (Å²) < 4.78 is 5.25. The van der Waals surface area contributed by atoms with Gasteiger partial charge >= 0.3 is 0 Å². The smallest absolute Gasteiger partial charge is 0.185 e. The first-order chi connectivity index (χ1) is 8.95. The zero-order chi connectivity index (χ0) is 14.0. The third-order valence-corrected chi connectivity index (χ3v) is 4.68. The van der Waals surface area contributed by atoms with Gasteiger partial charge in [-0.2, -0.15) is 0 Å². The third kappa shape index (κ3) is 3.27. The van der Waals surface area contributed by atoms with Crippen LogP contribution in [0, 0.1) is 5.92 Å². The molecule has 2 N–H and O–H groups in total. The Morgan fingerprint density at radius 3 is 2.74 bits per heavy atom. The Kier molecular flexibility index (Phi) is 4.48. The van der Waals surface area contributed by atoms with Gasteiger partial charge in [-0.05, 0) is 6.42 Å². The highest BCUT2D eigenvalue weighted by atomic mass is 32.1. The summed E-state index contributed by atoms with van der Waals surface area (Å²) in [6, 6.07) is 0. The molecule has 1 aromatic rings. The summed E-state index contributed by atoms with van der Waals surface area (Å²) in [6.07, 6.45) is 1.19. The summed E-state index contributed by atoms with van der Waals surface area (Å²) >= 11 is 1.75. The molecule has 1 aliphatic heterocycles. The number of hydrogen-bond donors (Lipinski definition) is 1. The summed E-state index contributed by atoms with van der Waals surface area (Å²) in [6.45, 7) is 10.1. The van der Waals surface area contributed by atoms with Crippen molar-refractivity contribution in [2.24, 2.45) is 11.7 Å². The van der Waals surface area contributed by atoms with Gasteiger partial charge in [0.1, 0.15) is 0 Å². The van der Waals surface area contributed by atoms with Crippen LogP contribution in [0.1, 0.15) is 37.8 Å². The summed E-state index contributed by atoms with van der Waals surface area (Å²) in [5.41, 5.74) is 7.09. The zero-order valence-corrected chi connectivity index (χ0v) is 13.2. The Labute approximate surface area is 120 Å². The second kappa shape index (κ2) is 5.77. The highest BCUT2D eigenvalue weighted by Crippen LogP contribution is 2.35. The minimum Gasteiger partial charge on any atom is -0.384 e. The van der Waals surface area contributed by atoms with Crippen LogP contribution in [0.25, 0.3) is 0 Å². The second-order valence-electron chi connectivity index (χ2n) is 6.28. The normalized spacial score (nSPS) is 20.3. The van der Waals surface area contributed by atoms with E-state index in [4.69, 9.17) is 15.5 Å². The second-order valence-corrected chi connectivity index (χ2v) is 7.34. The fourth-order valence-electron chi connectivity index (χ4n) is 2.58. The van der Waals surface area contributed by atoms with Crippen molar-refractivity contribution in [1.29, 1.82) is 0 Å². The number of nitrogens with two attached hydrogens (primary N) is 1. The number of ether oxygens (including phenoxy) is 1. The Bertz CT molecular complexity index is 425. The highest BCUT2D eigenvalue weighted by Gasteiger charge is 2.28. The number of thiazole rings is 1. The van der Waals surface area contributed by atoms with E-state index in [1.165, 1.54) is 11.3 Å². The van der Waals surface area contributed by atoms with Gasteiger partial charge in [0.25, 0.3) is 0 Å². The van der Waals surface area contributed by atoms with Crippen molar-refractivity contribution in [2.45, 2.75) is 39.2 Å². The summed E-state index contributed by atoms with van der Waals surface area (Å²) in [7, 11) is 1.77. The monoisotopic (exact) mass is 283 g/mol. The molecule has 4 nitrogen and oxygen atoms in total. The van der Waals surface area contributed by atoms with E-state index in [-0.39, 0.29) is 5.41 Å². The van der Waals surface area contributed by atoms with Crippen LogP contribution in [-0.4, -0.2) is 31.8 Å². The van der Waals surface area contributed by atoms with Crippen LogP contribution in [0.15, 0.2) is 0 Å². The minimum absolute atomic E-state index is 0.0646. The maximum atomic E-state index is 5.87. The van der Waals surface area contributed by atoms with Crippen molar-refractivity contribution in [3.63, 3.8) is 0 Å². The zero-order valence-electron chi connectivity index (χ0n) is 12.4. The summed E-state index contributed by atoms with van der Waals surface area (Å²) in [5, 5.41) is 1.13. The van der Waals surface area contributed by atoms with E-state index in [1.807, 2.05) is 0 Å². The van der Waals surface area contributed by atoms with Gasteiger partial charge in [0.2, 0.25) is 0 Å². The number of anilines is 1. The lowest BCUT2D eigenvalue weighted by Crippen LogP contribution is -2.21. The Hall–Kier alpha value is -0.650. The molecule has 0 spiro atoms. The lowest BCUT2D eigenvalue weighted by molar-refractivity contribution is 0.161. The standard InChI is InChI=1S/C14H25N3OS/c1-14(2,3)12-11(7-15)19-13(16-12)17-6-5-10(8-17)9-18-4/h10H,5-9,15H2,1-4H3. The fraction of sp³-hybridized carbons (Fsp3) is 0.786. The van der Waals surface area contributed by atoms with Crippen molar-refractivity contribution < 1.29 is 4.74 Å². The Morgan fingerprint density at radius 2 is 2.21 bits per heavy atom. The summed E-state index contributed by atoms with van der Waals surface area (Å²) in [4.78, 5) is 8.45. The van der Waals surface area contributed by atoms with Gasteiger partial charge in [-0.3, -0.25) is 0 Å². The predicted octanol–water partition coefficient (Wildman–Crippen LogP) is 2.37. The lowest BCUT2D eigenvalue weighted by atomic mass is 9.91. The molecule has 0 saturated carbocycles. The first kappa shape index (κ1) is 14.8. The third-order valence-electron chi connectivity index (χ3n) is 3.54. The number of rotatable bonds is 4. The van der Waals surface area contributed by atoms with Crippen LogP contribution >= 0.6 is 11.3 Å². The average molecular weight is 283 g/mol. The topological polar surface area (TPSA) is 51.4 Å². The molecule has 0 bridgehead atoms. The van der Waals surface area contributed by atoms with Crippen LogP contribution < -0.4 is 10.6 Å². The molecule has 2 heterocycles. The van der Waals surface area contributed by atoms with Gasteiger partial charge in [0, 0.05) is 43.0 Å². The highest BCUT2D eigenvalue weighted by molar-refractivity contribution is 7.15. The number of nitrogens with zero attached hydrogens (tertiary/aromatic N) is 2. The quantitative estimate of drug-likeness (QED) is 0.921. The van der Waals surface area contributed by atoms with E-state index >= 15 is 0 Å². The molecule has 0 radical (unpaired) electrons. The largest absolute Gasteiger partial charge is 0.384 e. The number of methoxy groups -OCH3 is 1. The molecule has 1 aliphatic rings. The molecule has 5 heteroatoms. The van der Waals surface area contributed by atoms with E-state index in [0.29, 0.717) is 12.5 Å². The van der Waals surface area contributed by atoms with Crippen LogP contribution in [0.5, 0.6) is 0 Å². The molecule has 1 unspecified atom stereocenters.